The third-order valence-corrected chi connectivity index (χ3v) is 10.9. The molecule has 270 valence electrons. The van der Waals surface area contributed by atoms with Crippen LogP contribution in [0.1, 0.15) is 50.2 Å². The summed E-state index contributed by atoms with van der Waals surface area (Å²) in [5.74, 6) is 0.974. The van der Waals surface area contributed by atoms with Crippen molar-refractivity contribution in [3.05, 3.63) is 150 Å². The molecule has 4 heterocycles. The number of halogens is 1. The molecule has 0 saturated carbocycles. The summed E-state index contributed by atoms with van der Waals surface area (Å²) < 4.78 is 8.20. The smallest absolute Gasteiger partial charge is 0.277 e. The van der Waals surface area contributed by atoms with Crippen LogP contribution in [0.4, 0.5) is 0 Å². The number of nitrogens with zero attached hydrogens (tertiary/aromatic N) is 6. The molecule has 0 amide bonds. The highest BCUT2D eigenvalue weighted by Crippen LogP contribution is 2.27. The maximum Gasteiger partial charge on any atom is 0.277 e. The Balaban J connectivity index is 0.000000164. The highest BCUT2D eigenvalue weighted by atomic mass is 127. The Morgan fingerprint density at radius 1 is 0.566 bits per heavy atom. The summed E-state index contributed by atoms with van der Waals surface area (Å²) >= 11 is 2.30. The molecule has 0 spiro atoms. The van der Waals surface area contributed by atoms with Gasteiger partial charge >= 0.3 is 0 Å². The van der Waals surface area contributed by atoms with Crippen LogP contribution in [-0.2, 0) is 40.0 Å². The first-order valence-corrected chi connectivity index (χ1v) is 19.3. The lowest BCUT2D eigenvalue weighted by atomic mass is 10.0. The summed E-state index contributed by atoms with van der Waals surface area (Å²) in [5, 5.41) is 17.5. The summed E-state index contributed by atoms with van der Waals surface area (Å²) in [6.07, 6.45) is 7.86. The lowest BCUT2D eigenvalue weighted by Gasteiger charge is -2.09. The quantitative estimate of drug-likeness (QED) is 0.144. The Morgan fingerprint density at radius 2 is 1.06 bits per heavy atom. The van der Waals surface area contributed by atoms with Crippen LogP contribution in [0.3, 0.4) is 0 Å². The average molecular weight is 817 g/mol. The largest absolute Gasteiger partial charge is 0.348 e. The van der Waals surface area contributed by atoms with Crippen LogP contribution in [-0.4, -0.2) is 28.7 Å². The number of fused-ring (bicyclic) bond motifs is 4. The lowest BCUT2D eigenvalue weighted by molar-refractivity contribution is 0.605. The van der Waals surface area contributed by atoms with E-state index in [4.69, 9.17) is 0 Å². The topological polar surface area (TPSA) is 79.6 Å². The van der Waals surface area contributed by atoms with Crippen molar-refractivity contribution in [2.75, 3.05) is 0 Å². The van der Waals surface area contributed by atoms with Crippen LogP contribution >= 0.6 is 22.6 Å². The number of benzene rings is 4. The van der Waals surface area contributed by atoms with Gasteiger partial charge in [0.05, 0.1) is 25.9 Å². The van der Waals surface area contributed by atoms with E-state index < -0.39 is 0 Å². The fourth-order valence-corrected chi connectivity index (χ4v) is 8.11. The Morgan fingerprint density at radius 3 is 1.64 bits per heavy atom. The van der Waals surface area contributed by atoms with Crippen molar-refractivity contribution in [2.24, 2.45) is 25.9 Å². The van der Waals surface area contributed by atoms with Gasteiger partial charge < -0.3 is 9.13 Å². The van der Waals surface area contributed by atoms with Crippen LogP contribution < -0.4 is 11.1 Å². The Hall–Kier alpha value is -5.03. The Labute approximate surface area is 322 Å². The van der Waals surface area contributed by atoms with Crippen molar-refractivity contribution in [2.45, 2.75) is 53.6 Å². The summed E-state index contributed by atoms with van der Waals surface area (Å²) in [5.41, 5.74) is 4.42. The average Bonchev–Trinajstić information content (AvgIpc) is 3.71. The summed E-state index contributed by atoms with van der Waals surface area (Å²) in [4.78, 5) is 25.3. The van der Waals surface area contributed by atoms with Crippen molar-refractivity contribution in [1.82, 2.24) is 28.7 Å². The molecule has 0 bridgehead atoms. The molecule has 8 rings (SSSR count). The van der Waals surface area contributed by atoms with Crippen molar-refractivity contribution < 1.29 is 0 Å². The Kier molecular flexibility index (Phi) is 10.4. The molecule has 4 aromatic carbocycles. The van der Waals surface area contributed by atoms with E-state index in [-0.39, 0.29) is 11.1 Å². The monoisotopic (exact) mass is 816 g/mol. The molecule has 0 aliphatic carbocycles. The third kappa shape index (κ3) is 7.44. The van der Waals surface area contributed by atoms with Crippen LogP contribution in [0.5, 0.6) is 0 Å². The predicted octanol–water partition coefficient (Wildman–Crippen LogP) is 8.87. The second-order valence-electron chi connectivity index (χ2n) is 14.8. The maximum absolute atomic E-state index is 12.7. The van der Waals surface area contributed by atoms with E-state index >= 15 is 0 Å². The van der Waals surface area contributed by atoms with Gasteiger partial charge in [0.25, 0.3) is 11.1 Å². The number of aromatic nitrogens is 6. The molecule has 0 unspecified atom stereocenters. The highest BCUT2D eigenvalue weighted by Gasteiger charge is 2.18. The minimum absolute atomic E-state index is 0.0291. The first-order valence-electron chi connectivity index (χ1n) is 18.2. The van der Waals surface area contributed by atoms with Gasteiger partial charge in [0.2, 0.25) is 0 Å². The zero-order chi connectivity index (χ0) is 37.4. The molecule has 0 radical (unpaired) electrons. The van der Waals surface area contributed by atoms with Crippen LogP contribution in [0, 0.1) is 15.5 Å². The van der Waals surface area contributed by atoms with Gasteiger partial charge in [-0.05, 0) is 79.9 Å². The fraction of sp³-hybridized carbons (Fsp3) is 0.273. The minimum atomic E-state index is -0.0378. The van der Waals surface area contributed by atoms with Crippen LogP contribution in [0.15, 0.2) is 113 Å². The Bertz CT molecular complexity index is 2720. The first-order chi connectivity index (χ1) is 25.5. The van der Waals surface area contributed by atoms with Gasteiger partial charge in [0, 0.05) is 56.5 Å². The van der Waals surface area contributed by atoms with E-state index in [0.717, 1.165) is 62.6 Å². The van der Waals surface area contributed by atoms with Gasteiger partial charge in [-0.15, -0.1) is 0 Å². The summed E-state index contributed by atoms with van der Waals surface area (Å²) in [6.45, 7) is 10.2. The van der Waals surface area contributed by atoms with E-state index in [2.05, 4.69) is 167 Å². The minimum Gasteiger partial charge on any atom is -0.348 e. The van der Waals surface area contributed by atoms with Crippen molar-refractivity contribution in [1.29, 1.82) is 0 Å². The SMILES string of the molecule is CC(C)Cc1nn(C)c(=O)c2c(I)n(Cc3cccc4ccccc34)cc12.CC(C)Cc1nn(C)c(=O)c2cn(Cc3cccc4ccccc34)cc12. The molecule has 0 aliphatic heterocycles. The van der Waals surface area contributed by atoms with Gasteiger partial charge in [-0.1, -0.05) is 113 Å². The third-order valence-electron chi connectivity index (χ3n) is 9.74. The molecule has 53 heavy (non-hydrogen) atoms. The van der Waals surface area contributed by atoms with E-state index in [1.54, 1.807) is 14.1 Å². The van der Waals surface area contributed by atoms with E-state index in [1.165, 1.54) is 42.0 Å². The zero-order valence-electron chi connectivity index (χ0n) is 31.2. The molecular formula is C44H45IN6O2. The van der Waals surface area contributed by atoms with Crippen molar-refractivity contribution in [3.8, 4) is 0 Å². The van der Waals surface area contributed by atoms with Gasteiger partial charge in [0.15, 0.2) is 0 Å². The normalized spacial score (nSPS) is 11.7. The summed E-state index contributed by atoms with van der Waals surface area (Å²) in [7, 11) is 3.47. The van der Waals surface area contributed by atoms with Crippen LogP contribution in [0.25, 0.3) is 43.1 Å². The second kappa shape index (κ2) is 15.1. The molecule has 4 aromatic heterocycles. The summed E-state index contributed by atoms with van der Waals surface area (Å²) in [6, 6.07) is 29.6. The molecule has 9 heteroatoms. The molecule has 0 saturated heterocycles. The first kappa shape index (κ1) is 36.3. The molecule has 0 aliphatic rings. The fourth-order valence-electron chi connectivity index (χ4n) is 7.28. The standard InChI is InChI=1S/C22H22IN3O.C22H23N3O/c1-14(2)11-19-18-13-26(21(23)20(18)22(27)25(3)24-19)12-16-9-6-8-15-7-4-5-10-17(15)16;1-15(2)11-21-19-13-25(14-20(19)22(26)24(3)23-21)12-17-9-6-8-16-7-4-5-10-18(16)17/h4-10,13-14H,11-12H2,1-3H3;4-10,13-15H,11-12H2,1-3H3. The zero-order valence-corrected chi connectivity index (χ0v) is 33.3. The van der Waals surface area contributed by atoms with E-state index in [0.29, 0.717) is 11.8 Å². The molecule has 8 aromatic rings. The number of rotatable bonds is 8. The van der Waals surface area contributed by atoms with Gasteiger partial charge in [-0.25, -0.2) is 9.36 Å². The lowest BCUT2D eigenvalue weighted by Crippen LogP contribution is -2.22. The van der Waals surface area contributed by atoms with Crippen molar-refractivity contribution in [3.63, 3.8) is 0 Å². The molecule has 0 fully saturated rings. The van der Waals surface area contributed by atoms with Gasteiger partial charge in [-0.3, -0.25) is 9.59 Å². The molecule has 0 N–H and O–H groups in total. The van der Waals surface area contributed by atoms with Gasteiger partial charge in [0.1, 0.15) is 0 Å². The maximum atomic E-state index is 12.7. The number of hydrogen-bond acceptors (Lipinski definition) is 4. The second-order valence-corrected chi connectivity index (χ2v) is 15.8. The number of aryl methyl sites for hydroxylation is 2. The molecule has 8 nitrogen and oxygen atoms in total. The molecular weight excluding hydrogens is 771 g/mol. The highest BCUT2D eigenvalue weighted by molar-refractivity contribution is 14.1. The van der Waals surface area contributed by atoms with Gasteiger partial charge in [-0.2, -0.15) is 10.2 Å². The van der Waals surface area contributed by atoms with E-state index in [9.17, 15) is 9.59 Å². The molecule has 0 atom stereocenters. The van der Waals surface area contributed by atoms with Crippen molar-refractivity contribution >= 4 is 65.7 Å². The predicted molar refractivity (Wildman–Crippen MR) is 226 cm³/mol. The van der Waals surface area contributed by atoms with Crippen LogP contribution in [0.2, 0.25) is 0 Å². The number of hydrogen-bond donors (Lipinski definition) is 0. The van der Waals surface area contributed by atoms with E-state index in [1.807, 2.05) is 6.20 Å².